The van der Waals surface area contributed by atoms with Crippen molar-refractivity contribution in [3.05, 3.63) is 0 Å². The van der Waals surface area contributed by atoms with E-state index in [0.29, 0.717) is 11.8 Å². The van der Waals surface area contributed by atoms with Crippen LogP contribution < -0.4 is 5.32 Å². The molecule has 2 rings (SSSR count). The molecule has 1 saturated carbocycles. The minimum absolute atomic E-state index is 0.186. The molecule has 0 radical (unpaired) electrons. The van der Waals surface area contributed by atoms with Crippen molar-refractivity contribution in [2.45, 2.75) is 57.7 Å². The lowest BCUT2D eigenvalue weighted by atomic mass is 9.98. The monoisotopic (exact) mass is 210 g/mol. The quantitative estimate of drug-likeness (QED) is 0.753. The van der Waals surface area contributed by atoms with Gasteiger partial charge in [0, 0.05) is 7.05 Å². The number of hydrogen-bond donors (Lipinski definition) is 1. The summed E-state index contributed by atoms with van der Waals surface area (Å²) < 4.78 is 0. The Morgan fingerprint density at radius 3 is 2.60 bits per heavy atom. The van der Waals surface area contributed by atoms with Crippen LogP contribution in [0.25, 0.3) is 0 Å². The van der Waals surface area contributed by atoms with Crippen LogP contribution in [-0.4, -0.2) is 29.6 Å². The van der Waals surface area contributed by atoms with Gasteiger partial charge in [0.2, 0.25) is 5.91 Å². The van der Waals surface area contributed by atoms with Gasteiger partial charge in [0.15, 0.2) is 0 Å². The zero-order chi connectivity index (χ0) is 11.1. The molecular formula is C12H22N2O. The molecule has 2 fully saturated rings. The Morgan fingerprint density at radius 1 is 1.47 bits per heavy atom. The van der Waals surface area contributed by atoms with Crippen molar-refractivity contribution >= 4 is 5.91 Å². The van der Waals surface area contributed by atoms with Gasteiger partial charge in [0.25, 0.3) is 0 Å². The summed E-state index contributed by atoms with van der Waals surface area (Å²) in [6, 6.07) is 0. The van der Waals surface area contributed by atoms with Gasteiger partial charge in [-0.1, -0.05) is 26.7 Å². The van der Waals surface area contributed by atoms with Crippen LogP contribution in [0.4, 0.5) is 0 Å². The van der Waals surface area contributed by atoms with E-state index in [9.17, 15) is 4.79 Å². The molecule has 1 atom stereocenters. The fraction of sp³-hybridized carbons (Fsp3) is 0.917. The third-order valence-electron chi connectivity index (χ3n) is 3.79. The standard InChI is InChI=1S/C12H22N2O/c1-9(2)8-10-13-12(6-4-5-7-12)11(15)14(10)3/h9-10,13H,4-8H2,1-3H3. The summed E-state index contributed by atoms with van der Waals surface area (Å²) in [5, 5.41) is 3.57. The van der Waals surface area contributed by atoms with Crippen LogP contribution in [0.2, 0.25) is 0 Å². The lowest BCUT2D eigenvalue weighted by Gasteiger charge is -2.21. The van der Waals surface area contributed by atoms with Gasteiger partial charge in [-0.05, 0) is 25.2 Å². The molecule has 0 aromatic carbocycles. The Morgan fingerprint density at radius 2 is 2.07 bits per heavy atom. The Kier molecular flexibility index (Phi) is 2.75. The van der Waals surface area contributed by atoms with E-state index in [-0.39, 0.29) is 11.7 Å². The molecule has 3 nitrogen and oxygen atoms in total. The second kappa shape index (κ2) is 3.78. The fourth-order valence-electron chi connectivity index (χ4n) is 2.96. The van der Waals surface area contributed by atoms with Crippen molar-refractivity contribution in [2.75, 3.05) is 7.05 Å². The fourth-order valence-corrected chi connectivity index (χ4v) is 2.96. The molecule has 1 N–H and O–H groups in total. The second-order valence-electron chi connectivity index (χ2n) is 5.49. The highest BCUT2D eigenvalue weighted by Gasteiger charge is 2.50. The molecule has 1 aliphatic heterocycles. The molecule has 1 spiro atoms. The summed E-state index contributed by atoms with van der Waals surface area (Å²) >= 11 is 0. The van der Waals surface area contributed by atoms with E-state index >= 15 is 0 Å². The summed E-state index contributed by atoms with van der Waals surface area (Å²) in [4.78, 5) is 14.1. The third-order valence-corrected chi connectivity index (χ3v) is 3.79. The van der Waals surface area contributed by atoms with Crippen LogP contribution in [0.3, 0.4) is 0 Å². The lowest BCUT2D eigenvalue weighted by Crippen LogP contribution is -2.44. The highest BCUT2D eigenvalue weighted by atomic mass is 16.2. The zero-order valence-corrected chi connectivity index (χ0v) is 10.0. The molecule has 1 unspecified atom stereocenters. The molecule has 2 aliphatic rings. The molecule has 1 saturated heterocycles. The molecule has 86 valence electrons. The van der Waals surface area contributed by atoms with Gasteiger partial charge in [-0.25, -0.2) is 0 Å². The van der Waals surface area contributed by atoms with Gasteiger partial charge in [-0.2, -0.15) is 0 Å². The minimum Gasteiger partial charge on any atom is -0.329 e. The highest BCUT2D eigenvalue weighted by Crippen LogP contribution is 2.36. The zero-order valence-electron chi connectivity index (χ0n) is 10.0. The van der Waals surface area contributed by atoms with Crippen LogP contribution in [0, 0.1) is 5.92 Å². The molecule has 0 aromatic rings. The van der Waals surface area contributed by atoms with Crippen molar-refractivity contribution < 1.29 is 4.79 Å². The van der Waals surface area contributed by atoms with Crippen LogP contribution >= 0.6 is 0 Å². The van der Waals surface area contributed by atoms with E-state index < -0.39 is 0 Å². The van der Waals surface area contributed by atoms with E-state index in [2.05, 4.69) is 19.2 Å². The summed E-state index contributed by atoms with van der Waals surface area (Å²) in [6.07, 6.45) is 5.78. The molecule has 1 aliphatic carbocycles. The number of likely N-dealkylation sites (N-methyl/N-ethyl adjacent to an activating group) is 1. The van der Waals surface area contributed by atoms with E-state index in [1.54, 1.807) is 0 Å². The molecule has 0 aromatic heterocycles. The van der Waals surface area contributed by atoms with E-state index in [0.717, 1.165) is 19.3 Å². The number of hydrogen-bond acceptors (Lipinski definition) is 2. The number of carbonyl (C=O) groups is 1. The Bertz CT molecular complexity index is 256. The van der Waals surface area contributed by atoms with Crippen molar-refractivity contribution in [3.63, 3.8) is 0 Å². The first-order chi connectivity index (χ1) is 7.05. The predicted octanol–water partition coefficient (Wildman–Crippen LogP) is 1.73. The van der Waals surface area contributed by atoms with Crippen LogP contribution in [0.5, 0.6) is 0 Å². The van der Waals surface area contributed by atoms with Gasteiger partial charge in [-0.15, -0.1) is 0 Å². The summed E-state index contributed by atoms with van der Waals surface area (Å²) in [5.41, 5.74) is -0.186. The van der Waals surface area contributed by atoms with Crippen LogP contribution in [0.15, 0.2) is 0 Å². The number of rotatable bonds is 2. The first-order valence-corrected chi connectivity index (χ1v) is 6.10. The lowest BCUT2D eigenvalue weighted by molar-refractivity contribution is -0.132. The van der Waals surface area contributed by atoms with Gasteiger partial charge in [0.05, 0.1) is 11.7 Å². The molecule has 1 amide bonds. The van der Waals surface area contributed by atoms with E-state index in [1.807, 2.05) is 11.9 Å². The summed E-state index contributed by atoms with van der Waals surface area (Å²) in [6.45, 7) is 4.42. The Balaban J connectivity index is 2.10. The minimum atomic E-state index is -0.186. The first-order valence-electron chi connectivity index (χ1n) is 6.10. The average Bonchev–Trinajstić information content (AvgIpc) is 2.70. The molecule has 1 heterocycles. The maximum absolute atomic E-state index is 12.2. The van der Waals surface area contributed by atoms with E-state index in [1.165, 1.54) is 12.8 Å². The highest BCUT2D eigenvalue weighted by molar-refractivity contribution is 5.88. The largest absolute Gasteiger partial charge is 0.329 e. The normalized spacial score (nSPS) is 29.7. The number of carbonyl (C=O) groups excluding carboxylic acids is 1. The molecule has 15 heavy (non-hydrogen) atoms. The predicted molar refractivity (Wildman–Crippen MR) is 60.3 cm³/mol. The number of nitrogens with zero attached hydrogens (tertiary/aromatic N) is 1. The summed E-state index contributed by atoms with van der Waals surface area (Å²) in [7, 11) is 1.94. The molecular weight excluding hydrogens is 188 g/mol. The molecule has 0 bridgehead atoms. The maximum atomic E-state index is 12.2. The number of nitrogens with one attached hydrogen (secondary N) is 1. The second-order valence-corrected chi connectivity index (χ2v) is 5.49. The first kappa shape index (κ1) is 10.9. The van der Waals surface area contributed by atoms with Gasteiger partial charge in [-0.3, -0.25) is 10.1 Å². The SMILES string of the molecule is CC(C)CC1NC2(CCCC2)C(=O)N1C. The topological polar surface area (TPSA) is 32.3 Å². The maximum Gasteiger partial charge on any atom is 0.243 e. The number of amides is 1. The van der Waals surface area contributed by atoms with Gasteiger partial charge >= 0.3 is 0 Å². The van der Waals surface area contributed by atoms with Crippen LogP contribution in [-0.2, 0) is 4.79 Å². The van der Waals surface area contributed by atoms with Crippen LogP contribution in [0.1, 0.15) is 46.0 Å². The van der Waals surface area contributed by atoms with Gasteiger partial charge < -0.3 is 4.90 Å². The van der Waals surface area contributed by atoms with Crippen molar-refractivity contribution in [1.82, 2.24) is 10.2 Å². The van der Waals surface area contributed by atoms with Crippen molar-refractivity contribution in [2.24, 2.45) is 5.92 Å². The Labute approximate surface area is 92.2 Å². The summed E-state index contributed by atoms with van der Waals surface area (Å²) in [5.74, 6) is 0.958. The molecule has 3 heteroatoms. The van der Waals surface area contributed by atoms with Crippen molar-refractivity contribution in [3.8, 4) is 0 Å². The van der Waals surface area contributed by atoms with Crippen molar-refractivity contribution in [1.29, 1.82) is 0 Å². The van der Waals surface area contributed by atoms with E-state index in [4.69, 9.17) is 0 Å². The smallest absolute Gasteiger partial charge is 0.243 e. The third kappa shape index (κ3) is 1.78. The Hall–Kier alpha value is -0.570. The average molecular weight is 210 g/mol. The van der Waals surface area contributed by atoms with Gasteiger partial charge in [0.1, 0.15) is 0 Å².